The summed E-state index contributed by atoms with van der Waals surface area (Å²) in [5.41, 5.74) is -0.0197. The highest BCUT2D eigenvalue weighted by molar-refractivity contribution is 6.30. The van der Waals surface area contributed by atoms with E-state index >= 15 is 0 Å². The molecule has 2 aliphatic rings. The molecule has 2 N–H and O–H groups in total. The number of nitrogens with one attached hydrogen (secondary N) is 2. The molecule has 2 aromatic rings. The van der Waals surface area contributed by atoms with Crippen LogP contribution in [-0.2, 0) is 14.3 Å². The normalized spacial score (nSPS) is 21.3. The highest BCUT2D eigenvalue weighted by Gasteiger charge is 2.41. The molecule has 3 heterocycles. The minimum absolute atomic E-state index is 0.0382. The number of ether oxygens (including phenoxy) is 1. The highest BCUT2D eigenvalue weighted by Crippen LogP contribution is 2.36. The molecule has 2 atom stereocenters. The third kappa shape index (κ3) is 5.23. The Kier molecular flexibility index (Phi) is 6.95. The second-order valence-electron chi connectivity index (χ2n) is 9.25. The predicted octanol–water partition coefficient (Wildman–Crippen LogP) is 4.04. The van der Waals surface area contributed by atoms with Crippen LogP contribution >= 0.6 is 11.6 Å². The van der Waals surface area contributed by atoms with E-state index in [0.717, 1.165) is 0 Å². The summed E-state index contributed by atoms with van der Waals surface area (Å²) >= 11 is 5.83. The molecule has 0 saturated carbocycles. The van der Waals surface area contributed by atoms with Crippen LogP contribution in [0.2, 0.25) is 5.02 Å². The Hall–Kier alpha value is -3.24. The molecule has 35 heavy (non-hydrogen) atoms. The molecule has 1 aromatic carbocycles. The number of benzene rings is 1. The Morgan fingerprint density at radius 1 is 1.23 bits per heavy atom. The molecule has 0 spiro atoms. The van der Waals surface area contributed by atoms with E-state index in [-0.39, 0.29) is 36.5 Å². The van der Waals surface area contributed by atoms with Gasteiger partial charge in [0.05, 0.1) is 16.8 Å². The molecule has 0 aliphatic carbocycles. The maximum atomic E-state index is 15.0. The number of pyridine rings is 1. The zero-order valence-corrected chi connectivity index (χ0v) is 20.4. The second-order valence-corrected chi connectivity index (χ2v) is 9.68. The largest absolute Gasteiger partial charge is 0.380 e. The SMILES string of the molecule is CO[C@@H]1C[C@H](C(=O)Nc2ccc(N3C(=O)CCC3(C)C)cc2F)N(C(=O)Nc2ccc(Cl)cn2)C1. The van der Waals surface area contributed by atoms with Crippen LogP contribution in [0.15, 0.2) is 36.5 Å². The Morgan fingerprint density at radius 2 is 2.00 bits per heavy atom. The molecular formula is C24H27ClFN5O4. The molecule has 0 radical (unpaired) electrons. The summed E-state index contributed by atoms with van der Waals surface area (Å²) < 4.78 is 20.3. The van der Waals surface area contributed by atoms with Crippen molar-refractivity contribution in [2.24, 2.45) is 0 Å². The summed E-state index contributed by atoms with van der Waals surface area (Å²) in [5, 5.41) is 5.63. The third-order valence-corrected chi connectivity index (χ3v) is 6.62. The van der Waals surface area contributed by atoms with Gasteiger partial charge in [-0.15, -0.1) is 0 Å². The number of anilines is 3. The van der Waals surface area contributed by atoms with Gasteiger partial charge in [0.2, 0.25) is 11.8 Å². The lowest BCUT2D eigenvalue weighted by atomic mass is 10.0. The maximum absolute atomic E-state index is 15.0. The van der Waals surface area contributed by atoms with E-state index in [4.69, 9.17) is 16.3 Å². The van der Waals surface area contributed by atoms with Crippen LogP contribution in [0.25, 0.3) is 0 Å². The number of halogens is 2. The van der Waals surface area contributed by atoms with E-state index < -0.39 is 29.3 Å². The van der Waals surface area contributed by atoms with E-state index in [1.807, 2.05) is 13.8 Å². The van der Waals surface area contributed by atoms with Crippen molar-refractivity contribution in [3.63, 3.8) is 0 Å². The first-order chi connectivity index (χ1) is 16.6. The van der Waals surface area contributed by atoms with E-state index in [1.54, 1.807) is 23.1 Å². The highest BCUT2D eigenvalue weighted by atomic mass is 35.5. The van der Waals surface area contributed by atoms with Gasteiger partial charge < -0.3 is 19.9 Å². The van der Waals surface area contributed by atoms with Gasteiger partial charge >= 0.3 is 6.03 Å². The Labute approximate surface area is 207 Å². The number of methoxy groups -OCH3 is 1. The average molecular weight is 504 g/mol. The summed E-state index contributed by atoms with van der Waals surface area (Å²) in [5.74, 6) is -1.01. The number of hydrogen-bond acceptors (Lipinski definition) is 5. The molecule has 4 amide bonds. The number of carbonyl (C=O) groups excluding carboxylic acids is 3. The smallest absolute Gasteiger partial charge is 0.323 e. The van der Waals surface area contributed by atoms with Gasteiger partial charge in [0.1, 0.15) is 17.7 Å². The summed E-state index contributed by atoms with van der Waals surface area (Å²) in [6, 6.07) is 5.98. The molecule has 0 bridgehead atoms. The van der Waals surface area contributed by atoms with Gasteiger partial charge in [-0.05, 0) is 50.6 Å². The summed E-state index contributed by atoms with van der Waals surface area (Å²) in [6.07, 6.45) is 2.37. The summed E-state index contributed by atoms with van der Waals surface area (Å²) in [7, 11) is 1.50. The zero-order chi connectivity index (χ0) is 25.3. The topological polar surface area (TPSA) is 104 Å². The molecular weight excluding hydrogens is 477 g/mol. The van der Waals surface area contributed by atoms with Crippen molar-refractivity contribution in [2.45, 2.75) is 50.8 Å². The molecule has 2 saturated heterocycles. The van der Waals surface area contributed by atoms with Crippen LogP contribution in [0.3, 0.4) is 0 Å². The maximum Gasteiger partial charge on any atom is 0.323 e. The number of aromatic nitrogens is 1. The fourth-order valence-electron chi connectivity index (χ4n) is 4.50. The molecule has 4 rings (SSSR count). The van der Waals surface area contributed by atoms with E-state index in [9.17, 15) is 18.8 Å². The average Bonchev–Trinajstić information content (AvgIpc) is 3.37. The van der Waals surface area contributed by atoms with Crippen molar-refractivity contribution in [1.82, 2.24) is 9.88 Å². The molecule has 1 aromatic heterocycles. The fourth-order valence-corrected chi connectivity index (χ4v) is 4.61. The number of rotatable bonds is 5. The molecule has 0 unspecified atom stereocenters. The van der Waals surface area contributed by atoms with Crippen LogP contribution < -0.4 is 15.5 Å². The number of carbonyl (C=O) groups is 3. The Morgan fingerprint density at radius 3 is 2.60 bits per heavy atom. The lowest BCUT2D eigenvalue weighted by Gasteiger charge is -2.32. The van der Waals surface area contributed by atoms with Gasteiger partial charge in [-0.1, -0.05) is 11.6 Å². The Balaban J connectivity index is 1.48. The van der Waals surface area contributed by atoms with Gasteiger partial charge in [0, 0.05) is 43.9 Å². The number of likely N-dealkylation sites (tertiary alicyclic amines) is 1. The van der Waals surface area contributed by atoms with Crippen LogP contribution in [0.4, 0.5) is 26.4 Å². The van der Waals surface area contributed by atoms with Crippen LogP contribution in [0.5, 0.6) is 0 Å². The predicted molar refractivity (Wildman–Crippen MR) is 130 cm³/mol. The van der Waals surface area contributed by atoms with Crippen molar-refractivity contribution >= 4 is 46.6 Å². The standard InChI is InChI=1S/C24H27ClFN5O4/c1-24(2)9-8-21(32)31(24)15-5-6-18(17(26)10-15)28-22(33)19-11-16(35-3)13-30(19)23(34)29-20-7-4-14(25)12-27-20/h4-7,10,12,16,19H,8-9,11,13H2,1-3H3,(H,28,33)(H,27,29,34)/t16-,19-/m1/s1. The van der Waals surface area contributed by atoms with Crippen LogP contribution in [-0.4, -0.2) is 59.1 Å². The van der Waals surface area contributed by atoms with Gasteiger partial charge in [-0.3, -0.25) is 14.9 Å². The third-order valence-electron chi connectivity index (χ3n) is 6.40. The van der Waals surface area contributed by atoms with Crippen molar-refractivity contribution in [3.8, 4) is 0 Å². The lowest BCUT2D eigenvalue weighted by molar-refractivity contribution is -0.119. The molecule has 2 aliphatic heterocycles. The molecule has 2 fully saturated rings. The number of hydrogen-bond donors (Lipinski definition) is 2. The molecule has 11 heteroatoms. The van der Waals surface area contributed by atoms with E-state index in [2.05, 4.69) is 15.6 Å². The second kappa shape index (κ2) is 9.79. The summed E-state index contributed by atoms with van der Waals surface area (Å²) in [6.45, 7) is 4.04. The first-order valence-corrected chi connectivity index (χ1v) is 11.6. The van der Waals surface area contributed by atoms with Gasteiger partial charge in [-0.25, -0.2) is 14.2 Å². The monoisotopic (exact) mass is 503 g/mol. The quantitative estimate of drug-likeness (QED) is 0.641. The van der Waals surface area contributed by atoms with E-state index in [1.165, 1.54) is 30.3 Å². The zero-order valence-electron chi connectivity index (χ0n) is 19.7. The summed E-state index contributed by atoms with van der Waals surface area (Å²) in [4.78, 5) is 45.2. The molecule has 186 valence electrons. The van der Waals surface area contributed by atoms with Gasteiger partial charge in [0.15, 0.2) is 0 Å². The molecule has 9 nitrogen and oxygen atoms in total. The van der Waals surface area contributed by atoms with Crippen molar-refractivity contribution in [2.75, 3.05) is 29.2 Å². The number of urea groups is 1. The van der Waals surface area contributed by atoms with Crippen LogP contribution in [0.1, 0.15) is 33.1 Å². The first kappa shape index (κ1) is 24.9. The van der Waals surface area contributed by atoms with Gasteiger partial charge in [-0.2, -0.15) is 0 Å². The lowest BCUT2D eigenvalue weighted by Crippen LogP contribution is -2.45. The number of nitrogens with zero attached hydrogens (tertiary/aromatic N) is 3. The van der Waals surface area contributed by atoms with Crippen molar-refractivity contribution in [3.05, 3.63) is 47.4 Å². The fraction of sp³-hybridized carbons (Fsp3) is 0.417. The number of amides is 4. The Bertz CT molecular complexity index is 1140. The minimum atomic E-state index is -0.884. The van der Waals surface area contributed by atoms with Crippen molar-refractivity contribution in [1.29, 1.82) is 0 Å². The van der Waals surface area contributed by atoms with E-state index in [0.29, 0.717) is 23.6 Å². The minimum Gasteiger partial charge on any atom is -0.380 e. The van der Waals surface area contributed by atoms with Crippen molar-refractivity contribution < 1.29 is 23.5 Å². The van der Waals surface area contributed by atoms with Gasteiger partial charge in [0.25, 0.3) is 0 Å². The first-order valence-electron chi connectivity index (χ1n) is 11.2. The van der Waals surface area contributed by atoms with Crippen LogP contribution in [0, 0.1) is 5.82 Å².